The van der Waals surface area contributed by atoms with Crippen molar-refractivity contribution >= 4 is 5.91 Å². The summed E-state index contributed by atoms with van der Waals surface area (Å²) in [5.74, 6) is 1.07. The molecule has 1 fully saturated rings. The Morgan fingerprint density at radius 3 is 2.79 bits per heavy atom. The smallest absolute Gasteiger partial charge is 0.254 e. The highest BCUT2D eigenvalue weighted by Gasteiger charge is 2.29. The maximum absolute atomic E-state index is 12.9. The summed E-state index contributed by atoms with van der Waals surface area (Å²) in [6, 6.07) is 5.13. The molecule has 7 nitrogen and oxygen atoms in total. The van der Waals surface area contributed by atoms with Crippen LogP contribution in [0.4, 0.5) is 0 Å². The number of rotatable bonds is 7. The molecule has 1 aliphatic rings. The molecule has 0 saturated carbocycles. The highest BCUT2D eigenvalue weighted by Crippen LogP contribution is 2.28. The van der Waals surface area contributed by atoms with Crippen molar-refractivity contribution in [2.24, 2.45) is 0 Å². The number of hydrogen-bond donors (Lipinski definition) is 1. The van der Waals surface area contributed by atoms with Crippen LogP contribution in [-0.2, 0) is 4.74 Å². The Kier molecular flexibility index (Phi) is 6.84. The molecule has 2 rings (SSSR count). The van der Waals surface area contributed by atoms with Crippen molar-refractivity contribution in [3.63, 3.8) is 0 Å². The van der Waals surface area contributed by atoms with E-state index in [-0.39, 0.29) is 18.6 Å². The number of amides is 1. The lowest BCUT2D eigenvalue weighted by Crippen LogP contribution is -2.53. The molecular weight excluding hydrogens is 312 g/mol. The van der Waals surface area contributed by atoms with E-state index in [1.54, 1.807) is 32.4 Å². The Morgan fingerprint density at radius 2 is 2.12 bits per heavy atom. The Bertz CT molecular complexity index is 552. The van der Waals surface area contributed by atoms with Gasteiger partial charge in [0.25, 0.3) is 5.91 Å². The minimum Gasteiger partial charge on any atom is -0.493 e. The summed E-state index contributed by atoms with van der Waals surface area (Å²) in [5, 5.41) is 9.05. The van der Waals surface area contributed by atoms with Crippen LogP contribution in [0.1, 0.15) is 10.4 Å². The van der Waals surface area contributed by atoms with Gasteiger partial charge in [-0.05, 0) is 25.2 Å². The standard InChI is InChI=1S/C17H26N2O5/c1-18(6-8-20)11-14-12-24-9-7-19(14)17(21)13-4-5-15(22-2)16(10-13)23-3/h4-5,10,14,20H,6-9,11-12H2,1-3H3/t14-/m0/s1. The van der Waals surface area contributed by atoms with Crippen molar-refractivity contribution < 1.29 is 24.1 Å². The van der Waals surface area contributed by atoms with Crippen LogP contribution in [0.15, 0.2) is 18.2 Å². The topological polar surface area (TPSA) is 71.5 Å². The number of aliphatic hydroxyl groups excluding tert-OH is 1. The first kappa shape index (κ1) is 18.5. The molecule has 0 spiro atoms. The van der Waals surface area contributed by atoms with Crippen LogP contribution < -0.4 is 9.47 Å². The summed E-state index contributed by atoms with van der Waals surface area (Å²) < 4.78 is 16.0. The average Bonchev–Trinajstić information content (AvgIpc) is 2.61. The molecule has 1 heterocycles. The summed E-state index contributed by atoms with van der Waals surface area (Å²) in [7, 11) is 5.03. The predicted molar refractivity (Wildman–Crippen MR) is 89.8 cm³/mol. The third kappa shape index (κ3) is 4.37. The van der Waals surface area contributed by atoms with E-state index in [1.165, 1.54) is 0 Å². The van der Waals surface area contributed by atoms with Gasteiger partial charge >= 0.3 is 0 Å². The van der Waals surface area contributed by atoms with Crippen molar-refractivity contribution in [2.75, 3.05) is 60.7 Å². The molecule has 0 unspecified atom stereocenters. The van der Waals surface area contributed by atoms with Gasteiger partial charge in [-0.25, -0.2) is 0 Å². The van der Waals surface area contributed by atoms with Crippen molar-refractivity contribution in [1.29, 1.82) is 0 Å². The largest absolute Gasteiger partial charge is 0.493 e. The third-order valence-corrected chi connectivity index (χ3v) is 4.12. The van der Waals surface area contributed by atoms with E-state index in [0.717, 1.165) is 0 Å². The number of benzene rings is 1. The highest BCUT2D eigenvalue weighted by atomic mass is 16.5. The quantitative estimate of drug-likeness (QED) is 0.779. The molecule has 1 N–H and O–H groups in total. The van der Waals surface area contributed by atoms with Gasteiger partial charge in [0.15, 0.2) is 11.5 Å². The summed E-state index contributed by atoms with van der Waals surface area (Å²) in [6.45, 7) is 2.88. The van der Waals surface area contributed by atoms with Gasteiger partial charge in [0, 0.05) is 25.2 Å². The van der Waals surface area contributed by atoms with Gasteiger partial charge in [-0.15, -0.1) is 0 Å². The first-order chi connectivity index (χ1) is 11.6. The molecule has 1 aliphatic heterocycles. The first-order valence-electron chi connectivity index (χ1n) is 8.00. The van der Waals surface area contributed by atoms with Crippen molar-refractivity contribution in [1.82, 2.24) is 9.80 Å². The van der Waals surface area contributed by atoms with Crippen LogP contribution in [0.3, 0.4) is 0 Å². The van der Waals surface area contributed by atoms with Crippen molar-refractivity contribution in [3.05, 3.63) is 23.8 Å². The number of ether oxygens (including phenoxy) is 3. The summed E-state index contributed by atoms with van der Waals surface area (Å²) in [6.07, 6.45) is 0. The van der Waals surface area contributed by atoms with Gasteiger partial charge in [-0.1, -0.05) is 0 Å². The predicted octanol–water partition coefficient (Wildman–Crippen LogP) is 0.469. The van der Waals surface area contributed by atoms with Crippen LogP contribution in [0.2, 0.25) is 0 Å². The number of likely N-dealkylation sites (N-methyl/N-ethyl adjacent to an activating group) is 1. The average molecular weight is 338 g/mol. The number of nitrogens with zero attached hydrogens (tertiary/aromatic N) is 2. The van der Waals surface area contributed by atoms with E-state index < -0.39 is 0 Å². The minimum atomic E-state index is -0.0540. The molecule has 0 aliphatic carbocycles. The van der Waals surface area contributed by atoms with Crippen LogP contribution in [0.5, 0.6) is 11.5 Å². The number of carbonyl (C=O) groups is 1. The van der Waals surface area contributed by atoms with E-state index >= 15 is 0 Å². The van der Waals surface area contributed by atoms with E-state index in [2.05, 4.69) is 0 Å². The number of hydrogen-bond acceptors (Lipinski definition) is 6. The van der Waals surface area contributed by atoms with E-state index in [0.29, 0.717) is 49.9 Å². The zero-order chi connectivity index (χ0) is 17.5. The summed E-state index contributed by atoms with van der Waals surface area (Å²) in [4.78, 5) is 16.7. The van der Waals surface area contributed by atoms with Crippen LogP contribution in [-0.4, -0.2) is 87.6 Å². The second-order valence-corrected chi connectivity index (χ2v) is 5.78. The Morgan fingerprint density at radius 1 is 1.38 bits per heavy atom. The monoisotopic (exact) mass is 338 g/mol. The number of methoxy groups -OCH3 is 2. The van der Waals surface area contributed by atoms with Gasteiger partial charge in [0.1, 0.15) is 0 Å². The summed E-state index contributed by atoms with van der Waals surface area (Å²) >= 11 is 0. The molecule has 1 amide bonds. The normalized spacial score (nSPS) is 17.9. The van der Waals surface area contributed by atoms with Crippen LogP contribution in [0, 0.1) is 0 Å². The SMILES string of the molecule is COc1ccc(C(=O)N2CCOC[C@@H]2CN(C)CCO)cc1OC. The molecule has 1 aromatic carbocycles. The lowest BCUT2D eigenvalue weighted by molar-refractivity contribution is -0.0109. The van der Waals surface area contributed by atoms with Crippen molar-refractivity contribution in [3.8, 4) is 11.5 Å². The molecule has 1 aromatic rings. The minimum absolute atomic E-state index is 0.0455. The van der Waals surface area contributed by atoms with Gasteiger partial charge < -0.3 is 29.1 Å². The number of carbonyl (C=O) groups excluding carboxylic acids is 1. The van der Waals surface area contributed by atoms with Gasteiger partial charge in [0.05, 0.1) is 40.1 Å². The van der Waals surface area contributed by atoms with Crippen LogP contribution in [0.25, 0.3) is 0 Å². The molecule has 134 valence electrons. The Balaban J connectivity index is 2.16. The lowest BCUT2D eigenvalue weighted by atomic mass is 10.1. The fourth-order valence-electron chi connectivity index (χ4n) is 2.83. The fraction of sp³-hybridized carbons (Fsp3) is 0.588. The molecule has 1 atom stereocenters. The number of morpholine rings is 1. The lowest BCUT2D eigenvalue weighted by Gasteiger charge is -2.37. The molecular formula is C17H26N2O5. The molecule has 0 bridgehead atoms. The Labute approximate surface area is 142 Å². The molecule has 24 heavy (non-hydrogen) atoms. The fourth-order valence-corrected chi connectivity index (χ4v) is 2.83. The number of aliphatic hydroxyl groups is 1. The first-order valence-corrected chi connectivity index (χ1v) is 8.00. The van der Waals surface area contributed by atoms with E-state index in [4.69, 9.17) is 19.3 Å². The second kappa shape index (κ2) is 8.86. The van der Waals surface area contributed by atoms with Crippen LogP contribution >= 0.6 is 0 Å². The highest BCUT2D eigenvalue weighted by molar-refractivity contribution is 5.95. The second-order valence-electron chi connectivity index (χ2n) is 5.78. The zero-order valence-corrected chi connectivity index (χ0v) is 14.5. The zero-order valence-electron chi connectivity index (χ0n) is 14.5. The van der Waals surface area contributed by atoms with Gasteiger partial charge in [-0.2, -0.15) is 0 Å². The van der Waals surface area contributed by atoms with E-state index in [9.17, 15) is 4.79 Å². The summed E-state index contributed by atoms with van der Waals surface area (Å²) in [5.41, 5.74) is 0.560. The van der Waals surface area contributed by atoms with Gasteiger partial charge in [-0.3, -0.25) is 4.79 Å². The molecule has 0 aromatic heterocycles. The molecule has 7 heteroatoms. The van der Waals surface area contributed by atoms with Crippen molar-refractivity contribution in [2.45, 2.75) is 6.04 Å². The van der Waals surface area contributed by atoms with Gasteiger partial charge in [0.2, 0.25) is 0 Å². The maximum Gasteiger partial charge on any atom is 0.254 e. The maximum atomic E-state index is 12.9. The third-order valence-electron chi connectivity index (χ3n) is 4.12. The molecule has 0 radical (unpaired) electrons. The molecule has 1 saturated heterocycles. The van der Waals surface area contributed by atoms with E-state index in [1.807, 2.05) is 16.8 Å². The Hall–Kier alpha value is -1.83.